The molecular formula is C20H15NO2. The van der Waals surface area contributed by atoms with Crippen molar-refractivity contribution in [3.05, 3.63) is 76.9 Å². The van der Waals surface area contributed by atoms with E-state index in [4.69, 9.17) is 5.26 Å². The van der Waals surface area contributed by atoms with Crippen molar-refractivity contribution in [1.82, 2.24) is 0 Å². The number of carbonyl (C=O) groups excluding carboxylic acids is 2. The van der Waals surface area contributed by atoms with Crippen molar-refractivity contribution >= 4 is 17.1 Å². The van der Waals surface area contributed by atoms with Gasteiger partial charge in [0.05, 0.1) is 11.6 Å². The summed E-state index contributed by atoms with van der Waals surface area (Å²) in [6.07, 6.45) is 3.68. The number of rotatable bonds is 3. The quantitative estimate of drug-likeness (QED) is 0.807. The van der Waals surface area contributed by atoms with Gasteiger partial charge in [-0.25, -0.2) is 0 Å². The number of allylic oxidation sites excluding steroid dienone is 2. The number of hydrogen-bond donors (Lipinski definition) is 0. The van der Waals surface area contributed by atoms with E-state index in [9.17, 15) is 9.59 Å². The molecule has 2 aromatic rings. The largest absolute Gasteiger partial charge is 0.295 e. The van der Waals surface area contributed by atoms with E-state index >= 15 is 0 Å². The first kappa shape index (κ1) is 14.9. The fourth-order valence-electron chi connectivity index (χ4n) is 2.83. The molecule has 1 aliphatic carbocycles. The molecule has 1 aliphatic rings. The standard InChI is InChI=1S/C20H15NO2/c21-13-14-9-10-18(20(23)15-5-2-1-3-6-15)19(11-14)16-7-4-8-17(22)12-16/h1-3,5-6,9-12H,4,7-8H2. The van der Waals surface area contributed by atoms with Gasteiger partial charge in [-0.3, -0.25) is 9.59 Å². The molecular weight excluding hydrogens is 286 g/mol. The van der Waals surface area contributed by atoms with Gasteiger partial charge in [-0.15, -0.1) is 0 Å². The average Bonchev–Trinajstić information content (AvgIpc) is 2.61. The second-order valence-electron chi connectivity index (χ2n) is 5.56. The first-order valence-electron chi connectivity index (χ1n) is 7.57. The summed E-state index contributed by atoms with van der Waals surface area (Å²) in [5, 5.41) is 9.14. The van der Waals surface area contributed by atoms with Crippen LogP contribution in [-0.4, -0.2) is 11.6 Å². The SMILES string of the molecule is N#Cc1ccc(C(=O)c2ccccc2)c(C2=CC(=O)CCC2)c1. The normalized spacial score (nSPS) is 14.0. The van der Waals surface area contributed by atoms with E-state index in [0.29, 0.717) is 28.7 Å². The minimum Gasteiger partial charge on any atom is -0.295 e. The number of nitriles is 1. The molecule has 3 heteroatoms. The molecule has 3 rings (SSSR count). The lowest BCUT2D eigenvalue weighted by Crippen LogP contribution is -2.09. The number of carbonyl (C=O) groups is 2. The van der Waals surface area contributed by atoms with E-state index in [1.807, 2.05) is 18.2 Å². The van der Waals surface area contributed by atoms with Crippen LogP contribution in [-0.2, 0) is 4.79 Å². The molecule has 3 nitrogen and oxygen atoms in total. The second kappa shape index (κ2) is 6.41. The molecule has 0 saturated heterocycles. The molecule has 0 N–H and O–H groups in total. The third-order valence-corrected chi connectivity index (χ3v) is 3.98. The smallest absolute Gasteiger partial charge is 0.193 e. The maximum absolute atomic E-state index is 12.8. The maximum Gasteiger partial charge on any atom is 0.193 e. The lowest BCUT2D eigenvalue weighted by atomic mass is 9.87. The van der Waals surface area contributed by atoms with E-state index in [1.165, 1.54) is 0 Å². The minimum absolute atomic E-state index is 0.0757. The van der Waals surface area contributed by atoms with Crippen LogP contribution in [0.3, 0.4) is 0 Å². The van der Waals surface area contributed by atoms with Crippen molar-refractivity contribution in [3.63, 3.8) is 0 Å². The van der Waals surface area contributed by atoms with E-state index in [-0.39, 0.29) is 11.6 Å². The Balaban J connectivity index is 2.12. The lowest BCUT2D eigenvalue weighted by molar-refractivity contribution is -0.114. The Morgan fingerprint density at radius 3 is 2.52 bits per heavy atom. The highest BCUT2D eigenvalue weighted by molar-refractivity contribution is 6.12. The predicted molar refractivity (Wildman–Crippen MR) is 87.9 cm³/mol. The van der Waals surface area contributed by atoms with Gasteiger partial charge >= 0.3 is 0 Å². The Bertz CT molecular complexity index is 842. The summed E-state index contributed by atoms with van der Waals surface area (Å²) in [4.78, 5) is 24.5. The summed E-state index contributed by atoms with van der Waals surface area (Å²) in [7, 11) is 0. The fourth-order valence-corrected chi connectivity index (χ4v) is 2.83. The van der Waals surface area contributed by atoms with Crippen molar-refractivity contribution in [1.29, 1.82) is 5.26 Å². The van der Waals surface area contributed by atoms with Crippen molar-refractivity contribution in [3.8, 4) is 6.07 Å². The van der Waals surface area contributed by atoms with Crippen LogP contribution in [0.15, 0.2) is 54.6 Å². The number of hydrogen-bond acceptors (Lipinski definition) is 3. The average molecular weight is 301 g/mol. The third kappa shape index (κ3) is 3.12. The molecule has 0 saturated carbocycles. The van der Waals surface area contributed by atoms with Crippen LogP contribution in [0.1, 0.15) is 46.3 Å². The molecule has 0 heterocycles. The topological polar surface area (TPSA) is 57.9 Å². The first-order valence-corrected chi connectivity index (χ1v) is 7.57. The van der Waals surface area contributed by atoms with Gasteiger partial charge < -0.3 is 0 Å². The third-order valence-electron chi connectivity index (χ3n) is 3.98. The Morgan fingerprint density at radius 1 is 1.04 bits per heavy atom. The van der Waals surface area contributed by atoms with Gasteiger partial charge in [0, 0.05) is 17.5 Å². The molecule has 0 bridgehead atoms. The predicted octanol–water partition coefficient (Wildman–Crippen LogP) is 3.93. The molecule has 0 amide bonds. The Kier molecular flexibility index (Phi) is 4.16. The summed E-state index contributed by atoms with van der Waals surface area (Å²) >= 11 is 0. The molecule has 2 aromatic carbocycles. The summed E-state index contributed by atoms with van der Waals surface area (Å²) in [6.45, 7) is 0. The highest BCUT2D eigenvalue weighted by Crippen LogP contribution is 2.30. The molecule has 0 atom stereocenters. The molecule has 0 fully saturated rings. The molecule has 0 aromatic heterocycles. The van der Waals surface area contributed by atoms with Crippen LogP contribution in [0.4, 0.5) is 0 Å². The molecule has 0 radical (unpaired) electrons. The van der Waals surface area contributed by atoms with Crippen molar-refractivity contribution < 1.29 is 9.59 Å². The summed E-state index contributed by atoms with van der Waals surface area (Å²) in [5.74, 6) is -0.0178. The van der Waals surface area contributed by atoms with Crippen LogP contribution in [0.25, 0.3) is 5.57 Å². The number of ketones is 2. The maximum atomic E-state index is 12.8. The van der Waals surface area contributed by atoms with Gasteiger partial charge in [-0.1, -0.05) is 30.3 Å². The summed E-state index contributed by atoms with van der Waals surface area (Å²) < 4.78 is 0. The zero-order valence-electron chi connectivity index (χ0n) is 12.6. The fraction of sp³-hybridized carbons (Fsp3) is 0.150. The minimum atomic E-state index is -0.0935. The van der Waals surface area contributed by atoms with Crippen LogP contribution < -0.4 is 0 Å². The Hall–Kier alpha value is -2.99. The van der Waals surface area contributed by atoms with E-state index in [1.54, 1.807) is 36.4 Å². The number of nitrogens with zero attached hydrogens (tertiary/aromatic N) is 1. The van der Waals surface area contributed by atoms with Crippen LogP contribution >= 0.6 is 0 Å². The molecule has 0 spiro atoms. The van der Waals surface area contributed by atoms with Gasteiger partial charge in [0.25, 0.3) is 0 Å². The Morgan fingerprint density at radius 2 is 1.83 bits per heavy atom. The number of benzene rings is 2. The summed E-state index contributed by atoms with van der Waals surface area (Å²) in [6, 6.07) is 16.2. The first-order chi connectivity index (χ1) is 11.2. The molecule has 0 aliphatic heterocycles. The highest BCUT2D eigenvalue weighted by Gasteiger charge is 2.19. The zero-order valence-corrected chi connectivity index (χ0v) is 12.6. The van der Waals surface area contributed by atoms with Gasteiger partial charge in [-0.2, -0.15) is 5.26 Å². The highest BCUT2D eigenvalue weighted by atomic mass is 16.1. The molecule has 23 heavy (non-hydrogen) atoms. The van der Waals surface area contributed by atoms with E-state index in [2.05, 4.69) is 6.07 Å². The van der Waals surface area contributed by atoms with Crippen molar-refractivity contribution in [2.75, 3.05) is 0 Å². The van der Waals surface area contributed by atoms with Gasteiger partial charge in [0.15, 0.2) is 11.6 Å². The van der Waals surface area contributed by atoms with Crippen LogP contribution in [0.2, 0.25) is 0 Å². The van der Waals surface area contributed by atoms with E-state index in [0.717, 1.165) is 18.4 Å². The zero-order chi connectivity index (χ0) is 16.2. The second-order valence-corrected chi connectivity index (χ2v) is 5.56. The monoisotopic (exact) mass is 301 g/mol. The van der Waals surface area contributed by atoms with Gasteiger partial charge in [0.2, 0.25) is 0 Å². The van der Waals surface area contributed by atoms with Crippen LogP contribution in [0, 0.1) is 11.3 Å². The van der Waals surface area contributed by atoms with Gasteiger partial charge in [-0.05, 0) is 48.3 Å². The summed E-state index contributed by atoms with van der Waals surface area (Å²) in [5.41, 5.74) is 3.17. The lowest BCUT2D eigenvalue weighted by Gasteiger charge is -2.16. The molecule has 0 unspecified atom stereocenters. The van der Waals surface area contributed by atoms with E-state index < -0.39 is 0 Å². The Labute approximate surface area is 134 Å². The molecule has 112 valence electrons. The van der Waals surface area contributed by atoms with Crippen molar-refractivity contribution in [2.24, 2.45) is 0 Å². The van der Waals surface area contributed by atoms with Crippen LogP contribution in [0.5, 0.6) is 0 Å². The van der Waals surface area contributed by atoms with Crippen molar-refractivity contribution in [2.45, 2.75) is 19.3 Å². The van der Waals surface area contributed by atoms with Gasteiger partial charge in [0.1, 0.15) is 0 Å².